The molecule has 2 aromatic rings. The van der Waals surface area contributed by atoms with Gasteiger partial charge >= 0.3 is 0 Å². The molecule has 0 bridgehead atoms. The monoisotopic (exact) mass is 358 g/mol. The Labute approximate surface area is 148 Å². The number of carbonyl (C=O) groups is 1. The molecule has 25 heavy (non-hydrogen) atoms. The Morgan fingerprint density at radius 2 is 1.80 bits per heavy atom. The van der Waals surface area contributed by atoms with Crippen LogP contribution in [-0.4, -0.2) is 31.7 Å². The third-order valence-electron chi connectivity index (χ3n) is 4.50. The van der Waals surface area contributed by atoms with Gasteiger partial charge in [-0.15, -0.1) is 0 Å². The first-order valence-corrected chi connectivity index (χ1v) is 9.85. The first kappa shape index (κ1) is 17.6. The van der Waals surface area contributed by atoms with Crippen LogP contribution in [0.5, 0.6) is 0 Å². The lowest BCUT2D eigenvalue weighted by atomic mass is 10.1. The van der Waals surface area contributed by atoms with Crippen LogP contribution < -0.4 is 5.32 Å². The molecule has 0 radical (unpaired) electrons. The Bertz CT molecular complexity index is 872. The minimum absolute atomic E-state index is 0.179. The second-order valence-electron chi connectivity index (χ2n) is 6.25. The summed E-state index contributed by atoms with van der Waals surface area (Å²) in [4.78, 5) is 12.6. The summed E-state index contributed by atoms with van der Waals surface area (Å²) < 4.78 is 26.7. The maximum absolute atomic E-state index is 12.6. The van der Waals surface area contributed by atoms with Crippen LogP contribution in [0.15, 0.2) is 53.4 Å². The number of nitrogens with one attached hydrogen (secondary N) is 1. The number of sulfonamides is 1. The van der Waals surface area contributed by atoms with E-state index in [-0.39, 0.29) is 10.8 Å². The van der Waals surface area contributed by atoms with Crippen molar-refractivity contribution in [2.75, 3.05) is 13.1 Å². The van der Waals surface area contributed by atoms with Crippen LogP contribution in [0, 0.1) is 6.92 Å². The van der Waals surface area contributed by atoms with E-state index >= 15 is 0 Å². The summed E-state index contributed by atoms with van der Waals surface area (Å²) in [6, 6.07) is 14.1. The number of aryl methyl sites for hydroxylation is 1. The van der Waals surface area contributed by atoms with E-state index in [0.717, 1.165) is 24.0 Å². The number of benzene rings is 2. The van der Waals surface area contributed by atoms with Gasteiger partial charge in [0.05, 0.1) is 4.90 Å². The van der Waals surface area contributed by atoms with Crippen LogP contribution in [0.3, 0.4) is 0 Å². The fourth-order valence-electron chi connectivity index (χ4n) is 2.96. The van der Waals surface area contributed by atoms with Gasteiger partial charge in [0.15, 0.2) is 0 Å². The number of carbonyl (C=O) groups excluding carboxylic acids is 1. The van der Waals surface area contributed by atoms with E-state index in [2.05, 4.69) is 5.32 Å². The molecule has 1 N–H and O–H groups in total. The van der Waals surface area contributed by atoms with Gasteiger partial charge in [0, 0.05) is 25.2 Å². The Morgan fingerprint density at radius 3 is 2.52 bits per heavy atom. The summed E-state index contributed by atoms with van der Waals surface area (Å²) in [5, 5.41) is 2.86. The molecule has 6 heteroatoms. The molecule has 0 aromatic heterocycles. The molecular weight excluding hydrogens is 336 g/mol. The normalized spacial score (nSPS) is 15.2. The number of hydrogen-bond donors (Lipinski definition) is 1. The molecule has 0 saturated carbocycles. The highest BCUT2D eigenvalue weighted by molar-refractivity contribution is 7.89. The molecule has 0 spiro atoms. The van der Waals surface area contributed by atoms with Crippen molar-refractivity contribution < 1.29 is 13.2 Å². The van der Waals surface area contributed by atoms with Crippen LogP contribution in [0.1, 0.15) is 34.3 Å². The number of amides is 1. The topological polar surface area (TPSA) is 66.5 Å². The smallest absolute Gasteiger partial charge is 0.251 e. The lowest BCUT2D eigenvalue weighted by Crippen LogP contribution is -2.28. The van der Waals surface area contributed by atoms with E-state index in [1.54, 1.807) is 18.2 Å². The largest absolute Gasteiger partial charge is 0.348 e. The van der Waals surface area contributed by atoms with Gasteiger partial charge < -0.3 is 5.32 Å². The van der Waals surface area contributed by atoms with Gasteiger partial charge in [0.1, 0.15) is 0 Å². The molecule has 1 saturated heterocycles. The van der Waals surface area contributed by atoms with Crippen molar-refractivity contribution >= 4 is 15.9 Å². The number of hydrogen-bond acceptors (Lipinski definition) is 3. The number of rotatable bonds is 5. The molecule has 132 valence electrons. The summed E-state index contributed by atoms with van der Waals surface area (Å²) in [5.41, 5.74) is 2.50. The molecule has 1 fully saturated rings. The molecule has 1 amide bonds. The van der Waals surface area contributed by atoms with Crippen molar-refractivity contribution in [1.82, 2.24) is 9.62 Å². The average Bonchev–Trinajstić information content (AvgIpc) is 3.16. The highest BCUT2D eigenvalue weighted by Crippen LogP contribution is 2.21. The van der Waals surface area contributed by atoms with Crippen molar-refractivity contribution in [3.63, 3.8) is 0 Å². The molecule has 0 atom stereocenters. The van der Waals surface area contributed by atoms with Gasteiger partial charge in [-0.05, 0) is 49.1 Å². The zero-order valence-corrected chi connectivity index (χ0v) is 15.1. The first-order valence-electron chi connectivity index (χ1n) is 8.41. The van der Waals surface area contributed by atoms with Crippen molar-refractivity contribution in [2.24, 2.45) is 0 Å². The lowest BCUT2D eigenvalue weighted by Gasteiger charge is -2.16. The highest BCUT2D eigenvalue weighted by atomic mass is 32.2. The Balaban J connectivity index is 1.74. The van der Waals surface area contributed by atoms with Gasteiger partial charge in [-0.25, -0.2) is 8.42 Å². The van der Waals surface area contributed by atoms with E-state index in [0.29, 0.717) is 25.2 Å². The second-order valence-corrected chi connectivity index (χ2v) is 8.19. The average molecular weight is 358 g/mol. The van der Waals surface area contributed by atoms with Gasteiger partial charge in [-0.1, -0.05) is 30.3 Å². The standard InChI is InChI=1S/C19H22N2O3S/c1-15-7-2-3-8-17(15)14-20-19(22)16-9-6-10-18(13-16)25(23,24)21-11-4-5-12-21/h2-3,6-10,13H,4-5,11-12,14H2,1H3,(H,20,22). The predicted molar refractivity (Wildman–Crippen MR) is 96.8 cm³/mol. The fourth-order valence-corrected chi connectivity index (χ4v) is 4.52. The Kier molecular flexibility index (Phi) is 5.20. The second kappa shape index (κ2) is 7.37. The molecule has 1 aliphatic heterocycles. The third kappa shape index (κ3) is 3.91. The van der Waals surface area contributed by atoms with Crippen molar-refractivity contribution in [3.05, 3.63) is 65.2 Å². The zero-order chi connectivity index (χ0) is 17.9. The maximum Gasteiger partial charge on any atom is 0.251 e. The van der Waals surface area contributed by atoms with Crippen LogP contribution in [0.2, 0.25) is 0 Å². The zero-order valence-electron chi connectivity index (χ0n) is 14.2. The first-order chi connectivity index (χ1) is 12.0. The summed E-state index contributed by atoms with van der Waals surface area (Å²) >= 11 is 0. The predicted octanol–water partition coefficient (Wildman–Crippen LogP) is 2.71. The van der Waals surface area contributed by atoms with Gasteiger partial charge in [0.25, 0.3) is 5.91 Å². The Morgan fingerprint density at radius 1 is 1.08 bits per heavy atom. The third-order valence-corrected chi connectivity index (χ3v) is 6.39. The molecular formula is C19H22N2O3S. The maximum atomic E-state index is 12.6. The minimum atomic E-state index is -3.52. The summed E-state index contributed by atoms with van der Waals surface area (Å²) in [6.07, 6.45) is 1.77. The molecule has 0 aliphatic carbocycles. The molecule has 2 aromatic carbocycles. The van der Waals surface area contributed by atoms with E-state index in [1.807, 2.05) is 31.2 Å². The Hall–Kier alpha value is -2.18. The van der Waals surface area contributed by atoms with Gasteiger partial charge in [-0.3, -0.25) is 4.79 Å². The quantitative estimate of drug-likeness (QED) is 0.894. The van der Waals surface area contributed by atoms with Crippen LogP contribution >= 0.6 is 0 Å². The van der Waals surface area contributed by atoms with Crippen molar-refractivity contribution in [1.29, 1.82) is 0 Å². The molecule has 5 nitrogen and oxygen atoms in total. The molecule has 3 rings (SSSR count). The van der Waals surface area contributed by atoms with Crippen LogP contribution in [-0.2, 0) is 16.6 Å². The van der Waals surface area contributed by atoms with E-state index < -0.39 is 10.0 Å². The van der Waals surface area contributed by atoms with E-state index in [1.165, 1.54) is 10.4 Å². The summed E-state index contributed by atoms with van der Waals surface area (Å²) in [5.74, 6) is -0.276. The molecule has 1 heterocycles. The fraction of sp³-hybridized carbons (Fsp3) is 0.316. The van der Waals surface area contributed by atoms with Gasteiger partial charge in [0.2, 0.25) is 10.0 Å². The molecule has 1 aliphatic rings. The summed E-state index contributed by atoms with van der Waals surface area (Å²) in [7, 11) is -3.52. The summed E-state index contributed by atoms with van der Waals surface area (Å²) in [6.45, 7) is 3.50. The van der Waals surface area contributed by atoms with Crippen LogP contribution in [0.4, 0.5) is 0 Å². The highest BCUT2D eigenvalue weighted by Gasteiger charge is 2.27. The van der Waals surface area contributed by atoms with E-state index in [4.69, 9.17) is 0 Å². The SMILES string of the molecule is Cc1ccccc1CNC(=O)c1cccc(S(=O)(=O)N2CCCC2)c1. The van der Waals surface area contributed by atoms with Crippen LogP contribution in [0.25, 0.3) is 0 Å². The van der Waals surface area contributed by atoms with Crippen molar-refractivity contribution in [2.45, 2.75) is 31.2 Å². The van der Waals surface area contributed by atoms with Crippen molar-refractivity contribution in [3.8, 4) is 0 Å². The van der Waals surface area contributed by atoms with Gasteiger partial charge in [-0.2, -0.15) is 4.31 Å². The number of nitrogens with zero attached hydrogens (tertiary/aromatic N) is 1. The lowest BCUT2D eigenvalue weighted by molar-refractivity contribution is 0.0950. The molecule has 0 unspecified atom stereocenters. The van der Waals surface area contributed by atoms with E-state index in [9.17, 15) is 13.2 Å². The minimum Gasteiger partial charge on any atom is -0.348 e.